The summed E-state index contributed by atoms with van der Waals surface area (Å²) in [6.07, 6.45) is 1.17. The van der Waals surface area contributed by atoms with Crippen molar-refractivity contribution in [1.29, 1.82) is 0 Å². The summed E-state index contributed by atoms with van der Waals surface area (Å²) < 4.78 is 0. The maximum atomic E-state index is 3.77. The molecule has 0 saturated heterocycles. The molecule has 0 aliphatic heterocycles. The van der Waals surface area contributed by atoms with E-state index in [0.717, 1.165) is 6.54 Å². The molecule has 4 heteroatoms. The van der Waals surface area contributed by atoms with E-state index in [9.17, 15) is 0 Å². The lowest BCUT2D eigenvalue weighted by Gasteiger charge is -2.23. The molecular formula is C15H22N2S2. The highest BCUT2D eigenvalue weighted by Gasteiger charge is 2.18. The van der Waals surface area contributed by atoms with E-state index in [1.54, 1.807) is 0 Å². The smallest absolute Gasteiger partial charge is 0.0766 e. The van der Waals surface area contributed by atoms with Crippen molar-refractivity contribution >= 4 is 22.7 Å². The zero-order valence-electron chi connectivity index (χ0n) is 11.8. The third-order valence-corrected chi connectivity index (χ3v) is 4.99. The first-order chi connectivity index (χ1) is 9.16. The molecule has 2 aromatic rings. The number of rotatable bonds is 7. The molecule has 2 nitrogen and oxygen atoms in total. The molecule has 0 aromatic carbocycles. The van der Waals surface area contributed by atoms with Crippen LogP contribution >= 0.6 is 22.7 Å². The fraction of sp³-hybridized carbons (Fsp3) is 0.467. The second-order valence-electron chi connectivity index (χ2n) is 5.12. The van der Waals surface area contributed by atoms with E-state index >= 15 is 0 Å². The molecule has 0 fully saturated rings. The molecule has 0 amide bonds. The number of nitrogens with zero attached hydrogens (tertiary/aromatic N) is 1. The highest BCUT2D eigenvalue weighted by Crippen LogP contribution is 2.29. The zero-order valence-corrected chi connectivity index (χ0v) is 13.4. The van der Waals surface area contributed by atoms with Crippen LogP contribution in [0.2, 0.25) is 0 Å². The van der Waals surface area contributed by atoms with Gasteiger partial charge in [0, 0.05) is 15.8 Å². The first-order valence-corrected chi connectivity index (χ1v) is 8.40. The normalized spacial score (nSPS) is 13.3. The molecule has 2 rings (SSSR count). The Kier molecular flexibility index (Phi) is 5.58. The lowest BCUT2D eigenvalue weighted by molar-refractivity contribution is 0.359. The number of thiophene rings is 2. The van der Waals surface area contributed by atoms with Crippen LogP contribution in [0.1, 0.15) is 29.1 Å². The van der Waals surface area contributed by atoms with Gasteiger partial charge < -0.3 is 10.2 Å². The van der Waals surface area contributed by atoms with E-state index in [1.165, 1.54) is 16.2 Å². The van der Waals surface area contributed by atoms with Gasteiger partial charge in [-0.25, -0.2) is 0 Å². The summed E-state index contributed by atoms with van der Waals surface area (Å²) in [6, 6.07) is 9.56. The van der Waals surface area contributed by atoms with Crippen LogP contribution in [0.5, 0.6) is 0 Å². The summed E-state index contributed by atoms with van der Waals surface area (Å²) in [5, 5.41) is 8.08. The quantitative estimate of drug-likeness (QED) is 0.835. The van der Waals surface area contributed by atoms with Gasteiger partial charge in [0.05, 0.1) is 6.04 Å². The minimum atomic E-state index is 0.345. The highest BCUT2D eigenvalue weighted by atomic mass is 32.1. The zero-order chi connectivity index (χ0) is 13.7. The van der Waals surface area contributed by atoms with E-state index < -0.39 is 0 Å². The first kappa shape index (κ1) is 14.7. The average molecular weight is 294 g/mol. The van der Waals surface area contributed by atoms with Crippen LogP contribution in [0.3, 0.4) is 0 Å². The minimum Gasteiger partial charge on any atom is -0.309 e. The molecule has 0 radical (unpaired) electrons. The van der Waals surface area contributed by atoms with Crippen molar-refractivity contribution < 1.29 is 0 Å². The van der Waals surface area contributed by atoms with Crippen molar-refractivity contribution in [2.75, 3.05) is 20.6 Å². The van der Waals surface area contributed by atoms with Gasteiger partial charge >= 0.3 is 0 Å². The SMILES string of the molecule is CC(CCN(C)C)NC(c1cccs1)c1cccs1. The second kappa shape index (κ2) is 7.20. The van der Waals surface area contributed by atoms with Gasteiger partial charge in [0.2, 0.25) is 0 Å². The molecule has 0 bridgehead atoms. The van der Waals surface area contributed by atoms with Crippen molar-refractivity contribution in [1.82, 2.24) is 10.2 Å². The topological polar surface area (TPSA) is 15.3 Å². The maximum Gasteiger partial charge on any atom is 0.0766 e. The van der Waals surface area contributed by atoms with Gasteiger partial charge in [0.15, 0.2) is 0 Å². The molecule has 104 valence electrons. The molecule has 0 aliphatic carbocycles. The molecule has 1 atom stereocenters. The van der Waals surface area contributed by atoms with E-state index in [-0.39, 0.29) is 0 Å². The predicted octanol–water partition coefficient (Wildman–Crippen LogP) is 3.83. The van der Waals surface area contributed by atoms with Crippen LogP contribution in [0.15, 0.2) is 35.0 Å². The van der Waals surface area contributed by atoms with Crippen LogP contribution < -0.4 is 5.32 Å². The Morgan fingerprint density at radius 1 is 1.11 bits per heavy atom. The van der Waals surface area contributed by atoms with Gasteiger partial charge in [-0.1, -0.05) is 12.1 Å². The predicted molar refractivity (Wildman–Crippen MR) is 86.2 cm³/mol. The van der Waals surface area contributed by atoms with E-state index in [0.29, 0.717) is 12.1 Å². The molecule has 2 aromatic heterocycles. The Hall–Kier alpha value is -0.680. The molecule has 2 heterocycles. The number of hydrogen-bond donors (Lipinski definition) is 1. The first-order valence-electron chi connectivity index (χ1n) is 6.64. The fourth-order valence-electron chi connectivity index (χ4n) is 2.04. The maximum absolute atomic E-state index is 3.77. The monoisotopic (exact) mass is 294 g/mol. The summed E-state index contributed by atoms with van der Waals surface area (Å²) in [6.45, 7) is 3.40. The Balaban J connectivity index is 2.03. The van der Waals surface area contributed by atoms with Crippen LogP contribution in [-0.2, 0) is 0 Å². The van der Waals surface area contributed by atoms with Crippen molar-refractivity contribution in [2.24, 2.45) is 0 Å². The summed E-state index contributed by atoms with van der Waals surface area (Å²) in [4.78, 5) is 5.04. The Labute approximate surface area is 124 Å². The van der Waals surface area contributed by atoms with Gasteiger partial charge in [-0.15, -0.1) is 22.7 Å². The molecule has 0 aliphatic rings. The molecule has 1 N–H and O–H groups in total. The van der Waals surface area contributed by atoms with Gasteiger partial charge in [-0.05, 0) is 56.9 Å². The summed E-state index contributed by atoms with van der Waals surface area (Å²) in [5.74, 6) is 0. The lowest BCUT2D eigenvalue weighted by Crippen LogP contribution is -2.33. The van der Waals surface area contributed by atoms with E-state index in [2.05, 4.69) is 66.3 Å². The molecule has 1 unspecified atom stereocenters. The molecule has 0 spiro atoms. The highest BCUT2D eigenvalue weighted by molar-refractivity contribution is 7.11. The largest absolute Gasteiger partial charge is 0.309 e. The Bertz CT molecular complexity index is 414. The van der Waals surface area contributed by atoms with Crippen molar-refractivity contribution in [2.45, 2.75) is 25.4 Å². The van der Waals surface area contributed by atoms with Gasteiger partial charge in [-0.2, -0.15) is 0 Å². The van der Waals surface area contributed by atoms with Gasteiger partial charge in [-0.3, -0.25) is 0 Å². The van der Waals surface area contributed by atoms with Crippen molar-refractivity contribution in [3.05, 3.63) is 44.8 Å². The van der Waals surface area contributed by atoms with Gasteiger partial charge in [0.25, 0.3) is 0 Å². The van der Waals surface area contributed by atoms with E-state index in [4.69, 9.17) is 0 Å². The second-order valence-corrected chi connectivity index (χ2v) is 7.08. The lowest BCUT2D eigenvalue weighted by atomic mass is 10.1. The third-order valence-electron chi connectivity index (χ3n) is 3.12. The Morgan fingerprint density at radius 2 is 1.68 bits per heavy atom. The van der Waals surface area contributed by atoms with E-state index in [1.807, 2.05) is 22.7 Å². The van der Waals surface area contributed by atoms with Crippen molar-refractivity contribution in [3.8, 4) is 0 Å². The van der Waals surface area contributed by atoms with Crippen LogP contribution in [-0.4, -0.2) is 31.6 Å². The third kappa shape index (κ3) is 4.42. The fourth-order valence-corrected chi connectivity index (χ4v) is 3.71. The number of nitrogens with one attached hydrogen (secondary N) is 1. The molecule has 19 heavy (non-hydrogen) atoms. The molecule has 0 saturated carbocycles. The Morgan fingerprint density at radius 3 is 2.11 bits per heavy atom. The standard InChI is InChI=1S/C15H22N2S2/c1-12(8-9-17(2)3)16-15(13-6-4-10-18-13)14-7-5-11-19-14/h4-7,10-12,15-16H,8-9H2,1-3H3. The van der Waals surface area contributed by atoms with Gasteiger partial charge in [0.1, 0.15) is 0 Å². The van der Waals surface area contributed by atoms with Crippen LogP contribution in [0.25, 0.3) is 0 Å². The summed E-state index contributed by atoms with van der Waals surface area (Å²) in [5.41, 5.74) is 0. The van der Waals surface area contributed by atoms with Crippen LogP contribution in [0.4, 0.5) is 0 Å². The summed E-state index contributed by atoms with van der Waals surface area (Å²) >= 11 is 3.66. The average Bonchev–Trinajstić information content (AvgIpc) is 3.05. The van der Waals surface area contributed by atoms with Crippen molar-refractivity contribution in [3.63, 3.8) is 0 Å². The molecular weight excluding hydrogens is 272 g/mol. The number of hydrogen-bond acceptors (Lipinski definition) is 4. The summed E-state index contributed by atoms with van der Waals surface area (Å²) in [7, 11) is 4.26. The minimum absolute atomic E-state index is 0.345. The van der Waals surface area contributed by atoms with Crippen LogP contribution in [0, 0.1) is 0 Å².